The molecule has 0 bridgehead atoms. The SMILES string of the molecule is NC(Cc1ccc(Cl)cc1)Cc1cc(Br)cs1. The first-order valence-electron chi connectivity index (χ1n) is 5.36. The molecule has 2 aromatic rings. The molecule has 1 nitrogen and oxygen atoms in total. The largest absolute Gasteiger partial charge is 0.327 e. The van der Waals surface area contributed by atoms with E-state index in [1.165, 1.54) is 10.4 Å². The topological polar surface area (TPSA) is 26.0 Å². The first kappa shape index (κ1) is 13.1. The zero-order chi connectivity index (χ0) is 12.3. The van der Waals surface area contributed by atoms with Gasteiger partial charge in [0.25, 0.3) is 0 Å². The van der Waals surface area contributed by atoms with Gasteiger partial charge in [-0.2, -0.15) is 0 Å². The van der Waals surface area contributed by atoms with Crippen LogP contribution in [0.25, 0.3) is 0 Å². The first-order valence-corrected chi connectivity index (χ1v) is 7.41. The summed E-state index contributed by atoms with van der Waals surface area (Å²) in [5, 5.41) is 2.86. The molecule has 0 aliphatic heterocycles. The van der Waals surface area contributed by atoms with Crippen LogP contribution in [-0.2, 0) is 12.8 Å². The zero-order valence-electron chi connectivity index (χ0n) is 9.20. The van der Waals surface area contributed by atoms with Gasteiger partial charge in [0.2, 0.25) is 0 Å². The van der Waals surface area contributed by atoms with Gasteiger partial charge in [0, 0.05) is 25.8 Å². The average Bonchev–Trinajstić information content (AvgIpc) is 2.67. The lowest BCUT2D eigenvalue weighted by molar-refractivity contribution is 0.671. The van der Waals surface area contributed by atoms with Crippen molar-refractivity contribution in [2.45, 2.75) is 18.9 Å². The first-order chi connectivity index (χ1) is 8.13. The van der Waals surface area contributed by atoms with Crippen LogP contribution in [0.3, 0.4) is 0 Å². The average molecular weight is 331 g/mol. The second-order valence-corrected chi connectivity index (χ2v) is 6.37. The summed E-state index contributed by atoms with van der Waals surface area (Å²) in [6.07, 6.45) is 1.80. The van der Waals surface area contributed by atoms with E-state index in [-0.39, 0.29) is 6.04 Å². The zero-order valence-corrected chi connectivity index (χ0v) is 12.4. The van der Waals surface area contributed by atoms with Crippen LogP contribution in [-0.4, -0.2) is 6.04 Å². The molecule has 1 heterocycles. The van der Waals surface area contributed by atoms with Crippen molar-refractivity contribution in [3.8, 4) is 0 Å². The fourth-order valence-electron chi connectivity index (χ4n) is 1.71. The van der Waals surface area contributed by atoms with E-state index in [0.29, 0.717) is 0 Å². The van der Waals surface area contributed by atoms with Crippen LogP contribution in [0.4, 0.5) is 0 Å². The van der Waals surface area contributed by atoms with E-state index in [2.05, 4.69) is 27.4 Å². The Morgan fingerprint density at radius 3 is 2.53 bits per heavy atom. The van der Waals surface area contributed by atoms with Crippen LogP contribution in [0.2, 0.25) is 5.02 Å². The lowest BCUT2D eigenvalue weighted by Gasteiger charge is -2.10. The molecule has 4 heteroatoms. The molecular weight excluding hydrogens is 318 g/mol. The Balaban J connectivity index is 1.93. The maximum atomic E-state index is 6.14. The number of hydrogen-bond donors (Lipinski definition) is 1. The summed E-state index contributed by atoms with van der Waals surface area (Å²) in [4.78, 5) is 1.32. The molecule has 0 saturated carbocycles. The van der Waals surface area contributed by atoms with E-state index in [0.717, 1.165) is 22.3 Å². The summed E-state index contributed by atoms with van der Waals surface area (Å²) < 4.78 is 1.14. The van der Waals surface area contributed by atoms with Crippen molar-refractivity contribution in [2.75, 3.05) is 0 Å². The van der Waals surface area contributed by atoms with Gasteiger partial charge in [0.1, 0.15) is 0 Å². The number of halogens is 2. The normalized spacial score (nSPS) is 12.6. The maximum Gasteiger partial charge on any atom is 0.0406 e. The van der Waals surface area contributed by atoms with Gasteiger partial charge in [0.05, 0.1) is 0 Å². The smallest absolute Gasteiger partial charge is 0.0406 e. The highest BCUT2D eigenvalue weighted by atomic mass is 79.9. The third-order valence-electron chi connectivity index (χ3n) is 2.50. The maximum absolute atomic E-state index is 6.14. The van der Waals surface area contributed by atoms with E-state index in [1.807, 2.05) is 24.3 Å². The van der Waals surface area contributed by atoms with Gasteiger partial charge in [-0.05, 0) is 52.5 Å². The van der Waals surface area contributed by atoms with E-state index >= 15 is 0 Å². The summed E-state index contributed by atoms with van der Waals surface area (Å²) in [6, 6.07) is 10.2. The molecule has 0 aliphatic rings. The number of nitrogens with two attached hydrogens (primary N) is 1. The molecule has 0 aliphatic carbocycles. The molecule has 17 heavy (non-hydrogen) atoms. The van der Waals surface area contributed by atoms with Crippen molar-refractivity contribution in [1.29, 1.82) is 0 Å². The number of hydrogen-bond acceptors (Lipinski definition) is 2. The highest BCUT2D eigenvalue weighted by Gasteiger charge is 2.07. The Kier molecular flexibility index (Phi) is 4.62. The van der Waals surface area contributed by atoms with Gasteiger partial charge in [-0.1, -0.05) is 23.7 Å². The molecule has 0 saturated heterocycles. The standard InChI is InChI=1S/C13H13BrClNS/c14-10-6-13(17-8-10)7-12(16)5-9-1-3-11(15)4-2-9/h1-4,6,8,12H,5,7,16H2. The summed E-state index contributed by atoms with van der Waals surface area (Å²) in [7, 11) is 0. The second kappa shape index (κ2) is 6.01. The van der Waals surface area contributed by atoms with Crippen LogP contribution >= 0.6 is 38.9 Å². The van der Waals surface area contributed by atoms with Crippen molar-refractivity contribution >= 4 is 38.9 Å². The highest BCUT2D eigenvalue weighted by Crippen LogP contribution is 2.21. The minimum atomic E-state index is 0.154. The monoisotopic (exact) mass is 329 g/mol. The molecule has 1 aromatic carbocycles. The molecule has 1 unspecified atom stereocenters. The van der Waals surface area contributed by atoms with Gasteiger partial charge in [-0.3, -0.25) is 0 Å². The van der Waals surface area contributed by atoms with E-state index < -0.39 is 0 Å². The minimum absolute atomic E-state index is 0.154. The van der Waals surface area contributed by atoms with Gasteiger partial charge in [-0.25, -0.2) is 0 Å². The van der Waals surface area contributed by atoms with E-state index in [1.54, 1.807) is 11.3 Å². The van der Waals surface area contributed by atoms with Crippen LogP contribution in [0.5, 0.6) is 0 Å². The van der Waals surface area contributed by atoms with E-state index in [4.69, 9.17) is 17.3 Å². The Bertz CT molecular complexity index is 480. The Hall–Kier alpha value is -0.350. The van der Waals surface area contributed by atoms with Crippen molar-refractivity contribution in [3.63, 3.8) is 0 Å². The summed E-state index contributed by atoms with van der Waals surface area (Å²) in [5.41, 5.74) is 7.38. The van der Waals surface area contributed by atoms with Crippen molar-refractivity contribution < 1.29 is 0 Å². The fourth-order valence-corrected chi connectivity index (χ4v) is 3.39. The molecular formula is C13H13BrClNS. The van der Waals surface area contributed by atoms with Gasteiger partial charge in [-0.15, -0.1) is 11.3 Å². The summed E-state index contributed by atoms with van der Waals surface area (Å²) >= 11 is 11.0. The van der Waals surface area contributed by atoms with Crippen LogP contribution < -0.4 is 5.73 Å². The minimum Gasteiger partial charge on any atom is -0.327 e. The molecule has 2 rings (SSSR count). The Labute approximate surface area is 119 Å². The third-order valence-corrected chi connectivity index (χ3v) is 4.47. The molecule has 0 spiro atoms. The van der Waals surface area contributed by atoms with Crippen molar-refractivity contribution in [3.05, 3.63) is 55.6 Å². The lowest BCUT2D eigenvalue weighted by Crippen LogP contribution is -2.25. The van der Waals surface area contributed by atoms with E-state index in [9.17, 15) is 0 Å². The highest BCUT2D eigenvalue weighted by molar-refractivity contribution is 9.10. The summed E-state index contributed by atoms with van der Waals surface area (Å²) in [5.74, 6) is 0. The van der Waals surface area contributed by atoms with Gasteiger partial charge < -0.3 is 5.73 Å². The number of thiophene rings is 1. The lowest BCUT2D eigenvalue weighted by atomic mass is 10.0. The van der Waals surface area contributed by atoms with Gasteiger partial charge >= 0.3 is 0 Å². The van der Waals surface area contributed by atoms with Crippen molar-refractivity contribution in [1.82, 2.24) is 0 Å². The van der Waals surface area contributed by atoms with Crippen molar-refractivity contribution in [2.24, 2.45) is 5.73 Å². The number of benzene rings is 1. The summed E-state index contributed by atoms with van der Waals surface area (Å²) in [6.45, 7) is 0. The second-order valence-electron chi connectivity index (χ2n) is 4.03. The molecule has 0 fully saturated rings. The fraction of sp³-hybridized carbons (Fsp3) is 0.231. The molecule has 90 valence electrons. The quantitative estimate of drug-likeness (QED) is 0.890. The molecule has 0 radical (unpaired) electrons. The number of rotatable bonds is 4. The Morgan fingerprint density at radius 1 is 1.24 bits per heavy atom. The molecule has 1 atom stereocenters. The van der Waals surface area contributed by atoms with Crippen LogP contribution in [0.1, 0.15) is 10.4 Å². The molecule has 2 N–H and O–H groups in total. The van der Waals surface area contributed by atoms with Gasteiger partial charge in [0.15, 0.2) is 0 Å². The predicted octanol–water partition coefficient (Wildman–Crippen LogP) is 4.28. The third kappa shape index (κ3) is 4.11. The molecule has 1 aromatic heterocycles. The predicted molar refractivity (Wildman–Crippen MR) is 78.9 cm³/mol. The van der Waals surface area contributed by atoms with Crippen LogP contribution in [0.15, 0.2) is 40.2 Å². The van der Waals surface area contributed by atoms with Crippen LogP contribution in [0, 0.1) is 0 Å². The molecule has 0 amide bonds. The Morgan fingerprint density at radius 2 is 1.94 bits per heavy atom.